The van der Waals surface area contributed by atoms with Crippen LogP contribution in [0.2, 0.25) is 0 Å². The molecule has 1 nitrogen and oxygen atoms in total. The highest BCUT2D eigenvalue weighted by molar-refractivity contribution is 5.52. The van der Waals surface area contributed by atoms with Crippen LogP contribution in [0.1, 0.15) is 31.7 Å². The third kappa shape index (κ3) is 3.21. The Bertz CT molecular complexity index is 320. The molecule has 0 bridgehead atoms. The second-order valence-electron chi connectivity index (χ2n) is 4.40. The lowest BCUT2D eigenvalue weighted by atomic mass is 10.0. The van der Waals surface area contributed by atoms with Gasteiger partial charge in [-0.3, -0.25) is 0 Å². The van der Waals surface area contributed by atoms with E-state index in [1.165, 1.54) is 36.9 Å². The normalized spacial score (nSPS) is 21.9. The molecule has 1 aliphatic rings. The zero-order valence-corrected chi connectivity index (χ0v) is 9.37. The summed E-state index contributed by atoms with van der Waals surface area (Å²) in [6.45, 7) is 3.43. The zero-order valence-electron chi connectivity index (χ0n) is 9.37. The standard InChI is InChI=1S/C14H19N/c1-12(11-14-8-5-9-15-14)10-13-6-3-2-4-7-13/h2-4,6-7,10,14-15H,5,8-9,11H2,1H3/b12-10+. The molecule has 1 N–H and O–H groups in total. The van der Waals surface area contributed by atoms with Crippen LogP contribution in [0.25, 0.3) is 6.08 Å². The zero-order chi connectivity index (χ0) is 10.5. The van der Waals surface area contributed by atoms with Gasteiger partial charge in [-0.15, -0.1) is 0 Å². The van der Waals surface area contributed by atoms with Crippen molar-refractivity contribution in [2.24, 2.45) is 0 Å². The SMILES string of the molecule is C/C(=C\c1ccccc1)CC1CCCN1. The molecular formula is C14H19N. The van der Waals surface area contributed by atoms with Gasteiger partial charge in [0, 0.05) is 6.04 Å². The molecule has 0 spiro atoms. The van der Waals surface area contributed by atoms with Gasteiger partial charge in [0.15, 0.2) is 0 Å². The van der Waals surface area contributed by atoms with Gasteiger partial charge in [0.1, 0.15) is 0 Å². The molecule has 1 unspecified atom stereocenters. The lowest BCUT2D eigenvalue weighted by Gasteiger charge is -2.09. The quantitative estimate of drug-likeness (QED) is 0.791. The summed E-state index contributed by atoms with van der Waals surface area (Å²) in [6.07, 6.45) is 6.15. The third-order valence-electron chi connectivity index (χ3n) is 2.94. The molecule has 80 valence electrons. The first-order valence-electron chi connectivity index (χ1n) is 5.80. The van der Waals surface area contributed by atoms with Gasteiger partial charge in [-0.25, -0.2) is 0 Å². The minimum Gasteiger partial charge on any atom is -0.314 e. The molecular weight excluding hydrogens is 182 g/mol. The Balaban J connectivity index is 1.95. The first-order chi connectivity index (χ1) is 7.34. The van der Waals surface area contributed by atoms with E-state index in [1.807, 2.05) is 0 Å². The molecule has 0 amide bonds. The summed E-state index contributed by atoms with van der Waals surface area (Å²) in [5.41, 5.74) is 2.79. The summed E-state index contributed by atoms with van der Waals surface area (Å²) < 4.78 is 0. The van der Waals surface area contributed by atoms with Crippen molar-refractivity contribution in [1.82, 2.24) is 5.32 Å². The summed E-state index contributed by atoms with van der Waals surface area (Å²) in [7, 11) is 0. The molecule has 1 atom stereocenters. The molecule has 1 aliphatic heterocycles. The van der Waals surface area contributed by atoms with E-state index < -0.39 is 0 Å². The van der Waals surface area contributed by atoms with E-state index in [9.17, 15) is 0 Å². The van der Waals surface area contributed by atoms with Crippen LogP contribution in [-0.4, -0.2) is 12.6 Å². The highest BCUT2D eigenvalue weighted by atomic mass is 14.9. The molecule has 0 saturated carbocycles. The van der Waals surface area contributed by atoms with Gasteiger partial charge in [0.05, 0.1) is 0 Å². The van der Waals surface area contributed by atoms with E-state index in [-0.39, 0.29) is 0 Å². The molecule has 0 radical (unpaired) electrons. The first kappa shape index (κ1) is 10.4. The van der Waals surface area contributed by atoms with Crippen molar-refractivity contribution in [2.75, 3.05) is 6.54 Å². The number of hydrogen-bond acceptors (Lipinski definition) is 1. The Morgan fingerprint density at radius 3 is 2.87 bits per heavy atom. The van der Waals surface area contributed by atoms with Crippen molar-refractivity contribution in [3.63, 3.8) is 0 Å². The Labute approximate surface area is 92.2 Å². The van der Waals surface area contributed by atoms with Crippen LogP contribution < -0.4 is 5.32 Å². The average Bonchev–Trinajstić information content (AvgIpc) is 2.71. The predicted molar refractivity (Wildman–Crippen MR) is 65.7 cm³/mol. The van der Waals surface area contributed by atoms with Gasteiger partial charge < -0.3 is 5.32 Å². The lowest BCUT2D eigenvalue weighted by molar-refractivity contribution is 0.601. The topological polar surface area (TPSA) is 12.0 Å². The maximum absolute atomic E-state index is 3.53. The van der Waals surface area contributed by atoms with Gasteiger partial charge >= 0.3 is 0 Å². The fourth-order valence-electron chi connectivity index (χ4n) is 2.21. The smallest absolute Gasteiger partial charge is 0.0105 e. The molecule has 1 heteroatoms. The van der Waals surface area contributed by atoms with Crippen molar-refractivity contribution in [2.45, 2.75) is 32.2 Å². The summed E-state index contributed by atoms with van der Waals surface area (Å²) >= 11 is 0. The Kier molecular flexibility index (Phi) is 3.57. The first-order valence-corrected chi connectivity index (χ1v) is 5.80. The second-order valence-corrected chi connectivity index (χ2v) is 4.40. The van der Waals surface area contributed by atoms with E-state index in [2.05, 4.69) is 48.6 Å². The highest BCUT2D eigenvalue weighted by Gasteiger charge is 2.13. The van der Waals surface area contributed by atoms with E-state index in [4.69, 9.17) is 0 Å². The number of nitrogens with one attached hydrogen (secondary N) is 1. The maximum atomic E-state index is 3.53. The number of hydrogen-bond donors (Lipinski definition) is 1. The number of rotatable bonds is 3. The molecule has 1 saturated heterocycles. The molecule has 1 aromatic carbocycles. The second kappa shape index (κ2) is 5.13. The van der Waals surface area contributed by atoms with Crippen LogP contribution in [0, 0.1) is 0 Å². The molecule has 1 fully saturated rings. The van der Waals surface area contributed by atoms with Crippen molar-refractivity contribution in [3.8, 4) is 0 Å². The maximum Gasteiger partial charge on any atom is 0.0105 e. The fraction of sp³-hybridized carbons (Fsp3) is 0.429. The van der Waals surface area contributed by atoms with E-state index in [0.29, 0.717) is 6.04 Å². The highest BCUT2D eigenvalue weighted by Crippen LogP contribution is 2.16. The Morgan fingerprint density at radius 1 is 1.40 bits per heavy atom. The summed E-state index contributed by atoms with van der Waals surface area (Å²) in [4.78, 5) is 0. The molecule has 0 aliphatic carbocycles. The van der Waals surface area contributed by atoms with E-state index in [1.54, 1.807) is 0 Å². The van der Waals surface area contributed by atoms with Gasteiger partial charge in [-0.2, -0.15) is 0 Å². The average molecular weight is 201 g/mol. The number of benzene rings is 1. The van der Waals surface area contributed by atoms with Gasteiger partial charge in [-0.1, -0.05) is 42.0 Å². The molecule has 15 heavy (non-hydrogen) atoms. The van der Waals surface area contributed by atoms with Gasteiger partial charge in [-0.05, 0) is 38.3 Å². The lowest BCUT2D eigenvalue weighted by Crippen LogP contribution is -2.21. The molecule has 2 rings (SSSR count). The van der Waals surface area contributed by atoms with Crippen molar-refractivity contribution >= 4 is 6.08 Å². The van der Waals surface area contributed by atoms with Crippen molar-refractivity contribution in [3.05, 3.63) is 41.5 Å². The minimum atomic E-state index is 0.713. The minimum absolute atomic E-state index is 0.713. The van der Waals surface area contributed by atoms with Crippen LogP contribution >= 0.6 is 0 Å². The van der Waals surface area contributed by atoms with Crippen LogP contribution in [0.4, 0.5) is 0 Å². The van der Waals surface area contributed by atoms with E-state index >= 15 is 0 Å². The van der Waals surface area contributed by atoms with Gasteiger partial charge in [0.2, 0.25) is 0 Å². The largest absolute Gasteiger partial charge is 0.314 e. The van der Waals surface area contributed by atoms with Crippen molar-refractivity contribution < 1.29 is 0 Å². The summed E-state index contributed by atoms with van der Waals surface area (Å²) in [6, 6.07) is 11.3. The Hall–Kier alpha value is -1.08. The van der Waals surface area contributed by atoms with E-state index in [0.717, 1.165) is 0 Å². The van der Waals surface area contributed by atoms with Crippen molar-refractivity contribution in [1.29, 1.82) is 0 Å². The monoisotopic (exact) mass is 201 g/mol. The third-order valence-corrected chi connectivity index (χ3v) is 2.94. The summed E-state index contributed by atoms with van der Waals surface area (Å²) in [5.74, 6) is 0. The Morgan fingerprint density at radius 2 is 2.20 bits per heavy atom. The van der Waals surface area contributed by atoms with Gasteiger partial charge in [0.25, 0.3) is 0 Å². The predicted octanol–water partition coefficient (Wildman–Crippen LogP) is 3.23. The molecule has 0 aromatic heterocycles. The fourth-order valence-corrected chi connectivity index (χ4v) is 2.21. The van der Waals surface area contributed by atoms with Crippen LogP contribution in [-0.2, 0) is 0 Å². The summed E-state index contributed by atoms with van der Waals surface area (Å²) in [5, 5.41) is 3.53. The van der Waals surface area contributed by atoms with Crippen LogP contribution in [0.5, 0.6) is 0 Å². The molecule has 1 heterocycles. The van der Waals surface area contributed by atoms with Crippen LogP contribution in [0.15, 0.2) is 35.9 Å². The van der Waals surface area contributed by atoms with Crippen LogP contribution in [0.3, 0.4) is 0 Å². The molecule has 1 aromatic rings.